The summed E-state index contributed by atoms with van der Waals surface area (Å²) in [4.78, 5) is 6.63. The predicted octanol–water partition coefficient (Wildman–Crippen LogP) is 2.96. The maximum absolute atomic E-state index is 10.1. The molecular weight excluding hydrogens is 292 g/mol. The first-order valence-corrected chi connectivity index (χ1v) is 6.86. The van der Waals surface area contributed by atoms with Gasteiger partial charge in [0.25, 0.3) is 0 Å². The normalized spacial score (nSPS) is 23.8. The average Bonchev–Trinajstić information content (AvgIpc) is 2.68. The molecule has 3 rings (SSSR count). The Morgan fingerprint density at radius 3 is 2.94 bits per heavy atom. The molecule has 4 heteroatoms. The second-order valence-electron chi connectivity index (χ2n) is 5.16. The summed E-state index contributed by atoms with van der Waals surface area (Å²) in [6.07, 6.45) is 2.64. The minimum atomic E-state index is -0.578. The quantitative estimate of drug-likeness (QED) is 0.880. The largest absolute Gasteiger partial charge is 0.388 e. The van der Waals surface area contributed by atoms with Crippen LogP contribution < -0.4 is 4.90 Å². The van der Waals surface area contributed by atoms with Gasteiger partial charge < -0.3 is 10.0 Å². The van der Waals surface area contributed by atoms with E-state index in [4.69, 9.17) is 0 Å². The van der Waals surface area contributed by atoms with Crippen LogP contribution in [0.25, 0.3) is 10.9 Å². The van der Waals surface area contributed by atoms with Gasteiger partial charge in [-0.25, -0.2) is 0 Å². The lowest BCUT2D eigenvalue weighted by Crippen LogP contribution is -2.29. The van der Waals surface area contributed by atoms with Crippen molar-refractivity contribution < 1.29 is 5.11 Å². The summed E-state index contributed by atoms with van der Waals surface area (Å²) in [5, 5.41) is 11.2. The Bertz CT molecular complexity index is 597. The second kappa shape index (κ2) is 4.21. The average molecular weight is 307 g/mol. The number of aliphatic hydroxyl groups is 1. The first-order chi connectivity index (χ1) is 8.55. The molecule has 0 spiro atoms. The van der Waals surface area contributed by atoms with Gasteiger partial charge >= 0.3 is 0 Å². The summed E-state index contributed by atoms with van der Waals surface area (Å²) in [6, 6.07) is 8.15. The van der Waals surface area contributed by atoms with Crippen molar-refractivity contribution in [1.82, 2.24) is 4.98 Å². The topological polar surface area (TPSA) is 36.4 Å². The fourth-order valence-electron chi connectivity index (χ4n) is 2.53. The molecule has 1 aromatic carbocycles. The number of aromatic nitrogens is 1. The molecule has 18 heavy (non-hydrogen) atoms. The van der Waals surface area contributed by atoms with E-state index >= 15 is 0 Å². The molecule has 94 valence electrons. The number of rotatable bonds is 1. The first kappa shape index (κ1) is 11.9. The van der Waals surface area contributed by atoms with Gasteiger partial charge in [-0.3, -0.25) is 4.98 Å². The van der Waals surface area contributed by atoms with Crippen molar-refractivity contribution in [2.45, 2.75) is 18.9 Å². The molecule has 0 amide bonds. The molecule has 0 aliphatic carbocycles. The number of pyridine rings is 1. The number of benzene rings is 1. The summed E-state index contributed by atoms with van der Waals surface area (Å²) < 4.78 is 1.04. The molecule has 1 aliphatic rings. The zero-order chi connectivity index (χ0) is 12.8. The SMILES string of the molecule is CC1(O)CCN(c2ccnc3cc(Br)ccc23)C1. The molecule has 0 radical (unpaired) electrons. The van der Waals surface area contributed by atoms with Gasteiger partial charge in [0, 0.05) is 34.8 Å². The van der Waals surface area contributed by atoms with Crippen molar-refractivity contribution in [1.29, 1.82) is 0 Å². The van der Waals surface area contributed by atoms with Crippen LogP contribution in [0, 0.1) is 0 Å². The Balaban J connectivity index is 2.07. The van der Waals surface area contributed by atoms with E-state index in [2.05, 4.69) is 31.9 Å². The summed E-state index contributed by atoms with van der Waals surface area (Å²) >= 11 is 3.46. The van der Waals surface area contributed by atoms with E-state index in [-0.39, 0.29) is 0 Å². The van der Waals surface area contributed by atoms with E-state index in [9.17, 15) is 5.11 Å². The molecule has 2 aromatic rings. The minimum Gasteiger partial charge on any atom is -0.388 e. The predicted molar refractivity (Wildman–Crippen MR) is 76.9 cm³/mol. The van der Waals surface area contributed by atoms with Crippen LogP contribution in [0.4, 0.5) is 5.69 Å². The van der Waals surface area contributed by atoms with Crippen LogP contribution in [-0.4, -0.2) is 28.8 Å². The Morgan fingerprint density at radius 1 is 1.39 bits per heavy atom. The van der Waals surface area contributed by atoms with Crippen LogP contribution in [0.15, 0.2) is 34.9 Å². The Kier molecular flexibility index (Phi) is 2.79. The third-order valence-corrected chi connectivity index (χ3v) is 3.97. The van der Waals surface area contributed by atoms with Crippen molar-refractivity contribution >= 4 is 32.5 Å². The fourth-order valence-corrected chi connectivity index (χ4v) is 2.88. The van der Waals surface area contributed by atoms with Gasteiger partial charge in [0.1, 0.15) is 0 Å². The highest BCUT2D eigenvalue weighted by molar-refractivity contribution is 9.10. The second-order valence-corrected chi connectivity index (χ2v) is 6.08. The van der Waals surface area contributed by atoms with Crippen LogP contribution in [0.1, 0.15) is 13.3 Å². The van der Waals surface area contributed by atoms with Crippen LogP contribution in [0.2, 0.25) is 0 Å². The van der Waals surface area contributed by atoms with Gasteiger partial charge in [-0.05, 0) is 37.6 Å². The van der Waals surface area contributed by atoms with E-state index in [0.29, 0.717) is 6.54 Å². The highest BCUT2D eigenvalue weighted by atomic mass is 79.9. The van der Waals surface area contributed by atoms with Crippen molar-refractivity contribution in [2.75, 3.05) is 18.0 Å². The summed E-state index contributed by atoms with van der Waals surface area (Å²) in [6.45, 7) is 3.47. The molecule has 1 saturated heterocycles. The molecule has 1 aliphatic heterocycles. The summed E-state index contributed by atoms with van der Waals surface area (Å²) in [5.41, 5.74) is 1.56. The lowest BCUT2D eigenvalue weighted by molar-refractivity contribution is 0.0839. The summed E-state index contributed by atoms with van der Waals surface area (Å²) in [5.74, 6) is 0. The molecular formula is C14H15BrN2O. The van der Waals surface area contributed by atoms with Gasteiger partial charge in [-0.1, -0.05) is 15.9 Å². The van der Waals surface area contributed by atoms with E-state index in [1.165, 1.54) is 0 Å². The standard InChI is InChI=1S/C14H15BrN2O/c1-14(18)5-7-17(9-14)13-4-6-16-12-8-10(15)2-3-11(12)13/h2-4,6,8,18H,5,7,9H2,1H3. The van der Waals surface area contributed by atoms with Gasteiger partial charge in [0.05, 0.1) is 11.1 Å². The first-order valence-electron chi connectivity index (χ1n) is 6.07. The van der Waals surface area contributed by atoms with Gasteiger partial charge in [0.2, 0.25) is 0 Å². The zero-order valence-electron chi connectivity index (χ0n) is 10.2. The molecule has 1 aromatic heterocycles. The van der Waals surface area contributed by atoms with Gasteiger partial charge in [-0.15, -0.1) is 0 Å². The molecule has 3 nitrogen and oxygen atoms in total. The smallest absolute Gasteiger partial charge is 0.0810 e. The van der Waals surface area contributed by atoms with Gasteiger partial charge in [-0.2, -0.15) is 0 Å². The van der Waals surface area contributed by atoms with Crippen LogP contribution in [0.3, 0.4) is 0 Å². The molecule has 2 heterocycles. The molecule has 1 N–H and O–H groups in total. The van der Waals surface area contributed by atoms with E-state index in [1.807, 2.05) is 31.3 Å². The number of halogens is 1. The maximum Gasteiger partial charge on any atom is 0.0810 e. The number of nitrogens with zero attached hydrogens (tertiary/aromatic N) is 2. The number of fused-ring (bicyclic) bond motifs is 1. The lowest BCUT2D eigenvalue weighted by atomic mass is 10.1. The maximum atomic E-state index is 10.1. The number of hydrogen-bond donors (Lipinski definition) is 1. The van der Waals surface area contributed by atoms with Crippen LogP contribution >= 0.6 is 15.9 Å². The van der Waals surface area contributed by atoms with E-state index < -0.39 is 5.60 Å². The molecule has 1 unspecified atom stereocenters. The Morgan fingerprint density at radius 2 is 2.22 bits per heavy atom. The third kappa shape index (κ3) is 2.10. The van der Waals surface area contributed by atoms with Crippen molar-refractivity contribution in [2.24, 2.45) is 0 Å². The summed E-state index contributed by atoms with van der Waals surface area (Å²) in [7, 11) is 0. The van der Waals surface area contributed by atoms with Crippen LogP contribution in [0.5, 0.6) is 0 Å². The molecule has 1 atom stereocenters. The van der Waals surface area contributed by atoms with Crippen molar-refractivity contribution in [3.63, 3.8) is 0 Å². The van der Waals surface area contributed by atoms with E-state index in [1.54, 1.807) is 0 Å². The van der Waals surface area contributed by atoms with Crippen LogP contribution in [-0.2, 0) is 0 Å². The fraction of sp³-hybridized carbons (Fsp3) is 0.357. The van der Waals surface area contributed by atoms with Crippen molar-refractivity contribution in [3.05, 3.63) is 34.9 Å². The number of β-amino-alcohol motifs (C(OH)–C–C–N with tert-alkyl or cyclic N) is 1. The number of anilines is 1. The lowest BCUT2D eigenvalue weighted by Gasteiger charge is -2.22. The minimum absolute atomic E-state index is 0.578. The molecule has 0 bridgehead atoms. The monoisotopic (exact) mass is 306 g/mol. The molecule has 1 fully saturated rings. The molecule has 0 saturated carbocycles. The van der Waals surface area contributed by atoms with E-state index in [0.717, 1.165) is 34.0 Å². The highest BCUT2D eigenvalue weighted by Crippen LogP contribution is 2.32. The Hall–Kier alpha value is -1.13. The zero-order valence-corrected chi connectivity index (χ0v) is 11.8. The third-order valence-electron chi connectivity index (χ3n) is 3.47. The van der Waals surface area contributed by atoms with Crippen molar-refractivity contribution in [3.8, 4) is 0 Å². The Labute approximate surface area is 115 Å². The van der Waals surface area contributed by atoms with Gasteiger partial charge in [0.15, 0.2) is 0 Å². The number of hydrogen-bond acceptors (Lipinski definition) is 3. The highest BCUT2D eigenvalue weighted by Gasteiger charge is 2.31.